The zero-order valence-corrected chi connectivity index (χ0v) is 18.9. The quantitative estimate of drug-likeness (QED) is 0.429. The number of benzene rings is 2. The van der Waals surface area contributed by atoms with Crippen molar-refractivity contribution in [1.29, 1.82) is 0 Å². The number of hydrogen-bond donors (Lipinski definition) is 1. The van der Waals surface area contributed by atoms with Gasteiger partial charge < -0.3 is 4.74 Å². The van der Waals surface area contributed by atoms with Gasteiger partial charge >= 0.3 is 0 Å². The molecular formula is C25H20FN5O4. The molecule has 176 valence electrons. The van der Waals surface area contributed by atoms with Gasteiger partial charge in [-0.25, -0.2) is 8.91 Å². The summed E-state index contributed by atoms with van der Waals surface area (Å²) in [6, 6.07) is 13.0. The first-order valence-corrected chi connectivity index (χ1v) is 10.9. The number of ether oxygens (including phenoxy) is 1. The summed E-state index contributed by atoms with van der Waals surface area (Å²) < 4.78 is 20.9. The first-order valence-electron chi connectivity index (χ1n) is 10.9. The standard InChI is InChI=1S/C25H20FN5O4/c1-3-35-20-10-9-16(26)12-19(20)15-8-11-21-27-25(29-30(21)13-15)28-22(32)14(2)31-23(33)17-6-4-5-7-18(17)24(31)34/h4-14H,3H2,1-2H3,(H,28,29,32)/t14-/m1/s1. The van der Waals surface area contributed by atoms with Gasteiger partial charge in [0.25, 0.3) is 11.8 Å². The number of amides is 3. The second-order valence-corrected chi connectivity index (χ2v) is 7.92. The third-order valence-electron chi connectivity index (χ3n) is 5.71. The van der Waals surface area contributed by atoms with E-state index in [1.807, 2.05) is 6.92 Å². The van der Waals surface area contributed by atoms with Crippen molar-refractivity contribution in [2.75, 3.05) is 11.9 Å². The van der Waals surface area contributed by atoms with Crippen molar-refractivity contribution in [2.24, 2.45) is 0 Å². The Kier molecular flexibility index (Phi) is 5.48. The van der Waals surface area contributed by atoms with E-state index in [0.29, 0.717) is 29.1 Å². The zero-order chi connectivity index (χ0) is 24.7. The molecule has 2 aromatic carbocycles. The van der Waals surface area contributed by atoms with Gasteiger partial charge in [-0.3, -0.25) is 24.6 Å². The Balaban J connectivity index is 1.38. The Bertz CT molecular complexity index is 1460. The lowest BCUT2D eigenvalue weighted by atomic mass is 10.1. The molecule has 0 aliphatic carbocycles. The predicted octanol–water partition coefficient (Wildman–Crippen LogP) is 3.56. The molecule has 5 rings (SSSR count). The first kappa shape index (κ1) is 22.2. The Morgan fingerprint density at radius 3 is 2.46 bits per heavy atom. The van der Waals surface area contributed by atoms with Crippen LogP contribution in [-0.4, -0.2) is 49.9 Å². The molecule has 2 aromatic heterocycles. The molecule has 3 heterocycles. The number of anilines is 1. The molecule has 0 radical (unpaired) electrons. The minimum absolute atomic E-state index is 0.000108. The molecule has 0 spiro atoms. The van der Waals surface area contributed by atoms with Gasteiger partial charge in [0.05, 0.1) is 17.7 Å². The van der Waals surface area contributed by atoms with E-state index >= 15 is 0 Å². The fourth-order valence-electron chi connectivity index (χ4n) is 4.00. The number of aromatic nitrogens is 3. The van der Waals surface area contributed by atoms with E-state index in [0.717, 1.165) is 4.90 Å². The van der Waals surface area contributed by atoms with Crippen molar-refractivity contribution >= 4 is 29.3 Å². The highest BCUT2D eigenvalue weighted by Gasteiger charge is 2.40. The fourth-order valence-corrected chi connectivity index (χ4v) is 4.00. The van der Waals surface area contributed by atoms with Crippen molar-refractivity contribution < 1.29 is 23.5 Å². The maximum absolute atomic E-state index is 13.9. The van der Waals surface area contributed by atoms with Crippen LogP contribution >= 0.6 is 0 Å². The number of carbonyl (C=O) groups excluding carboxylic acids is 3. The van der Waals surface area contributed by atoms with Crippen LogP contribution in [-0.2, 0) is 4.79 Å². The molecule has 10 heteroatoms. The second-order valence-electron chi connectivity index (χ2n) is 7.92. The molecule has 9 nitrogen and oxygen atoms in total. The van der Waals surface area contributed by atoms with E-state index in [9.17, 15) is 18.8 Å². The Morgan fingerprint density at radius 2 is 1.77 bits per heavy atom. The molecule has 0 unspecified atom stereocenters. The van der Waals surface area contributed by atoms with Crippen LogP contribution in [0.15, 0.2) is 60.8 Å². The Hall–Kier alpha value is -4.60. The Morgan fingerprint density at radius 1 is 1.06 bits per heavy atom. The third kappa shape index (κ3) is 3.88. The van der Waals surface area contributed by atoms with Crippen LogP contribution in [0.25, 0.3) is 16.8 Å². The molecule has 0 saturated carbocycles. The normalized spacial score (nSPS) is 13.7. The van der Waals surface area contributed by atoms with Gasteiger partial charge in [-0.2, -0.15) is 4.98 Å². The highest BCUT2D eigenvalue weighted by molar-refractivity contribution is 6.23. The summed E-state index contributed by atoms with van der Waals surface area (Å²) >= 11 is 0. The summed E-state index contributed by atoms with van der Waals surface area (Å²) in [5.41, 5.74) is 2.15. The second kappa shape index (κ2) is 8.64. The number of nitrogens with one attached hydrogen (secondary N) is 1. The van der Waals surface area contributed by atoms with Gasteiger partial charge in [0.15, 0.2) is 5.65 Å². The van der Waals surface area contributed by atoms with E-state index in [4.69, 9.17) is 4.74 Å². The van der Waals surface area contributed by atoms with Crippen LogP contribution in [0.2, 0.25) is 0 Å². The average molecular weight is 473 g/mol. The van der Waals surface area contributed by atoms with Crippen molar-refractivity contribution in [3.8, 4) is 16.9 Å². The largest absolute Gasteiger partial charge is 0.493 e. The lowest BCUT2D eigenvalue weighted by molar-refractivity contribution is -0.119. The SMILES string of the molecule is CCOc1ccc(F)cc1-c1ccc2nc(NC(=O)[C@@H](C)N3C(=O)c4ccccc4C3=O)nn2c1. The number of nitrogens with zero attached hydrogens (tertiary/aromatic N) is 4. The maximum atomic E-state index is 13.9. The minimum atomic E-state index is -1.08. The van der Waals surface area contributed by atoms with Gasteiger partial charge in [-0.05, 0) is 56.3 Å². The van der Waals surface area contributed by atoms with Crippen LogP contribution in [0.4, 0.5) is 10.3 Å². The summed E-state index contributed by atoms with van der Waals surface area (Å²) in [5.74, 6) is -1.55. The molecule has 0 bridgehead atoms. The maximum Gasteiger partial charge on any atom is 0.262 e. The van der Waals surface area contributed by atoms with E-state index in [1.165, 1.54) is 23.6 Å². The van der Waals surface area contributed by atoms with E-state index in [2.05, 4.69) is 15.4 Å². The monoisotopic (exact) mass is 473 g/mol. The third-order valence-corrected chi connectivity index (χ3v) is 5.71. The molecule has 4 aromatic rings. The highest BCUT2D eigenvalue weighted by atomic mass is 19.1. The number of hydrogen-bond acceptors (Lipinski definition) is 6. The molecular weight excluding hydrogens is 453 g/mol. The number of carbonyl (C=O) groups is 3. The predicted molar refractivity (Wildman–Crippen MR) is 125 cm³/mol. The molecule has 3 amide bonds. The number of pyridine rings is 1. The van der Waals surface area contributed by atoms with Crippen molar-refractivity contribution in [3.63, 3.8) is 0 Å². The van der Waals surface area contributed by atoms with Gasteiger partial charge in [-0.15, -0.1) is 5.10 Å². The summed E-state index contributed by atoms with van der Waals surface area (Å²) in [7, 11) is 0. The van der Waals surface area contributed by atoms with Crippen molar-refractivity contribution in [2.45, 2.75) is 19.9 Å². The number of fused-ring (bicyclic) bond motifs is 2. The first-order chi connectivity index (χ1) is 16.9. The van der Waals surface area contributed by atoms with E-state index < -0.39 is 29.6 Å². The lowest BCUT2D eigenvalue weighted by Gasteiger charge is -2.20. The highest BCUT2D eigenvalue weighted by Crippen LogP contribution is 2.31. The van der Waals surface area contributed by atoms with Crippen LogP contribution in [0.5, 0.6) is 5.75 Å². The summed E-state index contributed by atoms with van der Waals surface area (Å²) in [6.07, 6.45) is 1.64. The number of imide groups is 1. The zero-order valence-electron chi connectivity index (χ0n) is 18.9. The Labute approximate surface area is 199 Å². The number of rotatable bonds is 6. The van der Waals surface area contributed by atoms with Gasteiger partial charge in [0.1, 0.15) is 17.6 Å². The molecule has 1 aliphatic rings. The van der Waals surface area contributed by atoms with Crippen molar-refractivity contribution in [3.05, 3.63) is 77.7 Å². The van der Waals surface area contributed by atoms with Crippen LogP contribution in [0.1, 0.15) is 34.6 Å². The summed E-state index contributed by atoms with van der Waals surface area (Å²) in [5, 5.41) is 6.84. The van der Waals surface area contributed by atoms with Crippen LogP contribution < -0.4 is 10.1 Å². The topological polar surface area (TPSA) is 106 Å². The van der Waals surface area contributed by atoms with Gasteiger partial charge in [0, 0.05) is 17.3 Å². The van der Waals surface area contributed by atoms with Gasteiger partial charge in [0.2, 0.25) is 11.9 Å². The summed E-state index contributed by atoms with van der Waals surface area (Å²) in [6.45, 7) is 3.72. The summed E-state index contributed by atoms with van der Waals surface area (Å²) in [4.78, 5) is 43.4. The van der Waals surface area contributed by atoms with Crippen LogP contribution in [0, 0.1) is 5.82 Å². The molecule has 0 fully saturated rings. The molecule has 35 heavy (non-hydrogen) atoms. The fraction of sp³-hybridized carbons (Fsp3) is 0.160. The molecule has 1 aliphatic heterocycles. The molecule has 1 N–H and O–H groups in total. The van der Waals surface area contributed by atoms with Crippen molar-refractivity contribution in [1.82, 2.24) is 19.5 Å². The average Bonchev–Trinajstić information content (AvgIpc) is 3.37. The van der Waals surface area contributed by atoms with E-state index in [-0.39, 0.29) is 17.1 Å². The minimum Gasteiger partial charge on any atom is -0.493 e. The van der Waals surface area contributed by atoms with E-state index in [1.54, 1.807) is 48.7 Å². The number of halogens is 1. The van der Waals surface area contributed by atoms with Crippen LogP contribution in [0.3, 0.4) is 0 Å². The lowest BCUT2D eigenvalue weighted by Crippen LogP contribution is -2.45. The van der Waals surface area contributed by atoms with Gasteiger partial charge in [-0.1, -0.05) is 12.1 Å². The molecule has 1 atom stereocenters. The smallest absolute Gasteiger partial charge is 0.262 e. The molecule has 0 saturated heterocycles.